The number of nitrogens with zero attached hydrogens (tertiary/aromatic N) is 1. The largest absolute Gasteiger partial charge is 0.493 e. The Hall–Kier alpha value is -4.37. The zero-order valence-electron chi connectivity index (χ0n) is 19.7. The maximum atomic E-state index is 13.9. The average molecular weight is 470 g/mol. The lowest BCUT2D eigenvalue weighted by Gasteiger charge is -2.15. The molecule has 4 aromatic rings. The highest BCUT2D eigenvalue weighted by Gasteiger charge is 2.16. The molecule has 0 aliphatic rings. The van der Waals surface area contributed by atoms with Crippen molar-refractivity contribution in [2.24, 2.45) is 5.92 Å². The SMILES string of the molecule is COc1cccc(C=Cc2oc3cc(F)ccc3c(=O)c2-c2ccc(C#N)cc2)c1OCC(C)C. The molecule has 0 bridgehead atoms. The third kappa shape index (κ3) is 5.10. The van der Waals surface area contributed by atoms with Crippen LogP contribution in [-0.2, 0) is 0 Å². The normalized spacial score (nSPS) is 11.2. The van der Waals surface area contributed by atoms with Gasteiger partial charge in [0.2, 0.25) is 5.43 Å². The molecule has 3 aromatic carbocycles. The second-order valence-electron chi connectivity index (χ2n) is 8.42. The summed E-state index contributed by atoms with van der Waals surface area (Å²) in [6.07, 6.45) is 3.44. The molecule has 176 valence electrons. The molecule has 0 saturated carbocycles. The number of nitriles is 1. The first-order chi connectivity index (χ1) is 16.9. The number of para-hydroxylation sites is 1. The number of fused-ring (bicyclic) bond motifs is 1. The maximum Gasteiger partial charge on any atom is 0.201 e. The molecule has 0 N–H and O–H groups in total. The van der Waals surface area contributed by atoms with Crippen molar-refractivity contribution in [2.45, 2.75) is 13.8 Å². The van der Waals surface area contributed by atoms with E-state index in [0.717, 1.165) is 5.56 Å². The van der Waals surface area contributed by atoms with Crippen molar-refractivity contribution in [1.82, 2.24) is 0 Å². The molecule has 0 fully saturated rings. The number of hydrogen-bond donors (Lipinski definition) is 0. The van der Waals surface area contributed by atoms with Gasteiger partial charge in [0.15, 0.2) is 11.5 Å². The van der Waals surface area contributed by atoms with Gasteiger partial charge in [-0.05, 0) is 54.0 Å². The number of hydrogen-bond acceptors (Lipinski definition) is 5. The highest BCUT2D eigenvalue weighted by Crippen LogP contribution is 2.34. The lowest BCUT2D eigenvalue weighted by Crippen LogP contribution is -2.08. The zero-order valence-corrected chi connectivity index (χ0v) is 19.7. The van der Waals surface area contributed by atoms with Crippen molar-refractivity contribution in [2.75, 3.05) is 13.7 Å². The van der Waals surface area contributed by atoms with Crippen LogP contribution in [-0.4, -0.2) is 13.7 Å². The first kappa shape index (κ1) is 23.8. The second-order valence-corrected chi connectivity index (χ2v) is 8.42. The van der Waals surface area contributed by atoms with Crippen LogP contribution in [0.1, 0.15) is 30.7 Å². The van der Waals surface area contributed by atoms with Crippen LogP contribution in [0.4, 0.5) is 4.39 Å². The van der Waals surface area contributed by atoms with E-state index in [4.69, 9.17) is 19.2 Å². The smallest absolute Gasteiger partial charge is 0.201 e. The second kappa shape index (κ2) is 10.3. The fourth-order valence-electron chi connectivity index (χ4n) is 3.68. The van der Waals surface area contributed by atoms with E-state index in [-0.39, 0.29) is 22.2 Å². The summed E-state index contributed by atoms with van der Waals surface area (Å²) in [4.78, 5) is 13.4. The van der Waals surface area contributed by atoms with Crippen molar-refractivity contribution in [3.63, 3.8) is 0 Å². The standard InChI is InChI=1S/C29H24FNO4/c1-18(2)17-34-29-21(5-4-6-25(29)33-3)11-14-24-27(20-9-7-19(16-31)8-10-20)28(32)23-13-12-22(30)15-26(23)35-24/h4-15,18H,17H2,1-3H3. The van der Waals surface area contributed by atoms with Crippen LogP contribution in [0.2, 0.25) is 0 Å². The summed E-state index contributed by atoms with van der Waals surface area (Å²) in [6, 6.07) is 18.1. The van der Waals surface area contributed by atoms with Gasteiger partial charge < -0.3 is 13.9 Å². The first-order valence-electron chi connectivity index (χ1n) is 11.2. The van der Waals surface area contributed by atoms with E-state index >= 15 is 0 Å². The van der Waals surface area contributed by atoms with Gasteiger partial charge in [-0.2, -0.15) is 5.26 Å². The molecule has 1 aromatic heterocycles. The van der Waals surface area contributed by atoms with Gasteiger partial charge in [0.05, 0.1) is 36.3 Å². The van der Waals surface area contributed by atoms with E-state index in [2.05, 4.69) is 19.9 Å². The number of benzene rings is 3. The summed E-state index contributed by atoms with van der Waals surface area (Å²) in [6.45, 7) is 4.61. The highest BCUT2D eigenvalue weighted by molar-refractivity contribution is 5.87. The van der Waals surface area contributed by atoms with Gasteiger partial charge in [-0.25, -0.2) is 4.39 Å². The zero-order chi connectivity index (χ0) is 24.9. The molecule has 35 heavy (non-hydrogen) atoms. The van der Waals surface area contributed by atoms with E-state index in [9.17, 15) is 9.18 Å². The first-order valence-corrected chi connectivity index (χ1v) is 11.2. The van der Waals surface area contributed by atoms with Crippen LogP contribution < -0.4 is 14.9 Å². The minimum absolute atomic E-state index is 0.147. The van der Waals surface area contributed by atoms with Crippen molar-refractivity contribution < 1.29 is 18.3 Å². The molecule has 0 amide bonds. The number of ether oxygens (including phenoxy) is 2. The molecule has 1 heterocycles. The number of halogens is 1. The van der Waals surface area contributed by atoms with Gasteiger partial charge in [0, 0.05) is 11.6 Å². The van der Waals surface area contributed by atoms with Crippen LogP contribution in [0.25, 0.3) is 34.2 Å². The van der Waals surface area contributed by atoms with Crippen LogP contribution in [0.15, 0.2) is 69.9 Å². The summed E-state index contributed by atoms with van der Waals surface area (Å²) in [5, 5.41) is 9.40. The van der Waals surface area contributed by atoms with E-state index in [0.29, 0.717) is 40.7 Å². The molecule has 5 nitrogen and oxygen atoms in total. The fraction of sp³-hybridized carbons (Fsp3) is 0.172. The quantitative estimate of drug-likeness (QED) is 0.302. The van der Waals surface area contributed by atoms with Crippen molar-refractivity contribution in [1.29, 1.82) is 5.26 Å². The summed E-state index contributed by atoms with van der Waals surface area (Å²) < 4.78 is 31.4. The Bertz CT molecular complexity index is 1490. The summed E-state index contributed by atoms with van der Waals surface area (Å²) in [7, 11) is 1.57. The third-order valence-corrected chi connectivity index (χ3v) is 5.39. The van der Waals surface area contributed by atoms with Gasteiger partial charge in [-0.1, -0.05) is 38.1 Å². The van der Waals surface area contributed by atoms with Gasteiger partial charge >= 0.3 is 0 Å². The van der Waals surface area contributed by atoms with Gasteiger partial charge in [0.1, 0.15) is 17.2 Å². The van der Waals surface area contributed by atoms with Crippen LogP contribution >= 0.6 is 0 Å². The summed E-state index contributed by atoms with van der Waals surface area (Å²) in [5.74, 6) is 1.23. The minimum Gasteiger partial charge on any atom is -0.493 e. The van der Waals surface area contributed by atoms with E-state index in [1.165, 1.54) is 18.2 Å². The van der Waals surface area contributed by atoms with Crippen molar-refractivity contribution in [3.8, 4) is 28.7 Å². The van der Waals surface area contributed by atoms with Crippen LogP contribution in [0, 0.1) is 23.1 Å². The van der Waals surface area contributed by atoms with Gasteiger partial charge in [-0.3, -0.25) is 4.79 Å². The van der Waals surface area contributed by atoms with Crippen molar-refractivity contribution >= 4 is 23.1 Å². The van der Waals surface area contributed by atoms with Crippen molar-refractivity contribution in [3.05, 3.63) is 93.6 Å². The molecule has 6 heteroatoms. The van der Waals surface area contributed by atoms with Crippen LogP contribution in [0.5, 0.6) is 11.5 Å². The summed E-state index contributed by atoms with van der Waals surface area (Å²) in [5.41, 5.74) is 1.97. The lowest BCUT2D eigenvalue weighted by molar-refractivity contribution is 0.256. The molecule has 0 unspecified atom stereocenters. The van der Waals surface area contributed by atoms with E-state index < -0.39 is 5.82 Å². The predicted molar refractivity (Wildman–Crippen MR) is 135 cm³/mol. The molecule has 0 saturated heterocycles. The molecule has 0 aliphatic carbocycles. The molecule has 4 rings (SSSR count). The monoisotopic (exact) mass is 469 g/mol. The molecule has 0 radical (unpaired) electrons. The van der Waals surface area contributed by atoms with Crippen LogP contribution in [0.3, 0.4) is 0 Å². The Labute approximate surface area is 202 Å². The molecule has 0 atom stereocenters. The number of rotatable bonds is 7. The fourth-order valence-corrected chi connectivity index (χ4v) is 3.68. The Morgan fingerprint density at radius 1 is 1.09 bits per heavy atom. The predicted octanol–water partition coefficient (Wildman–Crippen LogP) is 6.68. The molecule has 0 spiro atoms. The highest BCUT2D eigenvalue weighted by atomic mass is 19.1. The average Bonchev–Trinajstić information content (AvgIpc) is 2.86. The Morgan fingerprint density at radius 2 is 1.86 bits per heavy atom. The van der Waals surface area contributed by atoms with E-state index in [1.807, 2.05) is 18.2 Å². The maximum absolute atomic E-state index is 13.9. The summed E-state index contributed by atoms with van der Waals surface area (Å²) >= 11 is 0. The topological polar surface area (TPSA) is 72.5 Å². The molecule has 0 aliphatic heterocycles. The molecular weight excluding hydrogens is 445 g/mol. The number of methoxy groups -OCH3 is 1. The minimum atomic E-state index is -0.501. The third-order valence-electron chi connectivity index (χ3n) is 5.39. The van der Waals surface area contributed by atoms with Gasteiger partial charge in [0.25, 0.3) is 0 Å². The molecular formula is C29H24FNO4. The van der Waals surface area contributed by atoms with E-state index in [1.54, 1.807) is 43.5 Å². The lowest BCUT2D eigenvalue weighted by atomic mass is 10.00. The van der Waals surface area contributed by atoms with Gasteiger partial charge in [-0.15, -0.1) is 0 Å². The Kier molecular flexibility index (Phi) is 6.98. The Morgan fingerprint density at radius 3 is 2.54 bits per heavy atom. The Balaban J connectivity index is 1.89.